The Morgan fingerprint density at radius 2 is 1.91 bits per heavy atom. The second-order valence-electron chi connectivity index (χ2n) is 9.08. The molecule has 0 spiro atoms. The first-order chi connectivity index (χ1) is 15.4. The van der Waals surface area contributed by atoms with Crippen molar-refractivity contribution in [2.45, 2.75) is 50.7 Å². The van der Waals surface area contributed by atoms with E-state index in [2.05, 4.69) is 20.9 Å². The molecule has 1 atom stereocenters. The van der Waals surface area contributed by atoms with Gasteiger partial charge in [-0.2, -0.15) is 0 Å². The van der Waals surface area contributed by atoms with Crippen molar-refractivity contribution < 1.29 is 18.8 Å². The first-order valence-electron chi connectivity index (χ1n) is 11.2. The molecule has 1 N–H and O–H groups in total. The minimum Gasteiger partial charge on any atom is -0.353 e. The third-order valence-corrected chi connectivity index (χ3v) is 7.12. The number of aromatic nitrogens is 1. The Balaban J connectivity index is 1.33. The lowest BCUT2D eigenvalue weighted by Crippen LogP contribution is -2.52. The molecule has 4 heterocycles. The van der Waals surface area contributed by atoms with Crippen molar-refractivity contribution in [3.63, 3.8) is 0 Å². The molecule has 0 saturated carbocycles. The van der Waals surface area contributed by atoms with Crippen LogP contribution in [0.5, 0.6) is 0 Å². The number of hydrogen-bond donors (Lipinski definition) is 1. The zero-order valence-electron chi connectivity index (χ0n) is 18.1. The summed E-state index contributed by atoms with van der Waals surface area (Å²) in [6.45, 7) is 3.00. The number of carbonyl (C=O) groups is 3. The maximum atomic E-state index is 14.5. The summed E-state index contributed by atoms with van der Waals surface area (Å²) >= 11 is 0. The molecule has 2 aromatic rings. The van der Waals surface area contributed by atoms with Crippen LogP contribution in [0.4, 0.5) is 4.39 Å². The van der Waals surface area contributed by atoms with E-state index in [4.69, 9.17) is 0 Å². The number of benzene rings is 1. The van der Waals surface area contributed by atoms with Gasteiger partial charge in [-0.3, -0.25) is 24.6 Å². The average Bonchev–Trinajstić information content (AvgIpc) is 3.31. The summed E-state index contributed by atoms with van der Waals surface area (Å²) in [7, 11) is 2.05. The molecule has 5 rings (SSSR count). The van der Waals surface area contributed by atoms with E-state index in [0.29, 0.717) is 18.5 Å². The summed E-state index contributed by atoms with van der Waals surface area (Å²) in [5, 5.41) is 2.32. The minimum atomic E-state index is -0.685. The molecule has 1 aromatic heterocycles. The van der Waals surface area contributed by atoms with E-state index in [1.807, 2.05) is 19.3 Å². The molecule has 3 amide bonds. The van der Waals surface area contributed by atoms with Gasteiger partial charge in [0.25, 0.3) is 5.91 Å². The molecule has 0 aliphatic carbocycles. The smallest absolute Gasteiger partial charge is 0.255 e. The summed E-state index contributed by atoms with van der Waals surface area (Å²) < 4.78 is 16.6. The second-order valence-corrected chi connectivity index (χ2v) is 9.08. The number of hydrogen-bond acceptors (Lipinski definition) is 4. The van der Waals surface area contributed by atoms with Crippen LogP contribution in [-0.2, 0) is 29.7 Å². The van der Waals surface area contributed by atoms with E-state index in [-0.39, 0.29) is 24.2 Å². The Morgan fingerprint density at radius 3 is 2.59 bits per heavy atom. The van der Waals surface area contributed by atoms with Crippen LogP contribution in [0.3, 0.4) is 0 Å². The molecule has 1 unspecified atom stereocenters. The number of imide groups is 1. The van der Waals surface area contributed by atoms with Crippen molar-refractivity contribution in [3.05, 3.63) is 58.7 Å². The van der Waals surface area contributed by atoms with Gasteiger partial charge in [-0.05, 0) is 73.7 Å². The number of aryl methyl sites for hydroxylation is 1. The lowest BCUT2D eigenvalue weighted by molar-refractivity contribution is -0.136. The third-order valence-electron chi connectivity index (χ3n) is 7.12. The Morgan fingerprint density at radius 1 is 1.12 bits per heavy atom. The summed E-state index contributed by atoms with van der Waals surface area (Å²) in [5.74, 6) is -1.32. The van der Waals surface area contributed by atoms with Gasteiger partial charge in [0.2, 0.25) is 11.8 Å². The van der Waals surface area contributed by atoms with E-state index >= 15 is 0 Å². The normalized spacial score (nSPS) is 22.4. The van der Waals surface area contributed by atoms with Crippen molar-refractivity contribution in [2.75, 3.05) is 13.1 Å². The van der Waals surface area contributed by atoms with E-state index in [9.17, 15) is 18.8 Å². The molecular formula is C24H27FN4O3. The van der Waals surface area contributed by atoms with Crippen LogP contribution in [0.2, 0.25) is 0 Å². The SMILES string of the molecule is Cn1cccc1CN1CCC(c2cc(F)cc3c2CN(C2CCC(=O)NC2=O)C3=O)CC1. The maximum absolute atomic E-state index is 14.5. The highest BCUT2D eigenvalue weighted by Crippen LogP contribution is 2.38. The van der Waals surface area contributed by atoms with Gasteiger partial charge in [0.1, 0.15) is 11.9 Å². The maximum Gasteiger partial charge on any atom is 0.255 e. The molecule has 32 heavy (non-hydrogen) atoms. The van der Waals surface area contributed by atoms with Gasteiger partial charge in [-0.1, -0.05) is 0 Å². The van der Waals surface area contributed by atoms with Crippen LogP contribution in [-0.4, -0.2) is 51.2 Å². The van der Waals surface area contributed by atoms with Crippen LogP contribution in [0.1, 0.15) is 58.8 Å². The quantitative estimate of drug-likeness (QED) is 0.744. The number of halogens is 1. The Labute approximate surface area is 186 Å². The predicted molar refractivity (Wildman–Crippen MR) is 115 cm³/mol. The fraction of sp³-hybridized carbons (Fsp3) is 0.458. The highest BCUT2D eigenvalue weighted by molar-refractivity contribution is 6.05. The minimum absolute atomic E-state index is 0.179. The van der Waals surface area contributed by atoms with Crippen LogP contribution in [0, 0.1) is 5.82 Å². The molecular weight excluding hydrogens is 411 g/mol. The Hall–Kier alpha value is -3.00. The lowest BCUT2D eigenvalue weighted by Gasteiger charge is -2.33. The van der Waals surface area contributed by atoms with Crippen LogP contribution in [0.15, 0.2) is 30.5 Å². The number of nitrogens with one attached hydrogen (secondary N) is 1. The van der Waals surface area contributed by atoms with Gasteiger partial charge < -0.3 is 9.47 Å². The fourth-order valence-corrected chi connectivity index (χ4v) is 5.31. The van der Waals surface area contributed by atoms with Crippen molar-refractivity contribution in [1.82, 2.24) is 19.7 Å². The van der Waals surface area contributed by atoms with Gasteiger partial charge >= 0.3 is 0 Å². The molecule has 1 aromatic carbocycles. The predicted octanol–water partition coefficient (Wildman–Crippen LogP) is 2.30. The zero-order valence-corrected chi connectivity index (χ0v) is 18.1. The fourth-order valence-electron chi connectivity index (χ4n) is 5.31. The topological polar surface area (TPSA) is 74.7 Å². The summed E-state index contributed by atoms with van der Waals surface area (Å²) in [5.41, 5.74) is 3.35. The van der Waals surface area contributed by atoms with Crippen molar-refractivity contribution in [3.8, 4) is 0 Å². The van der Waals surface area contributed by atoms with Crippen LogP contribution in [0.25, 0.3) is 0 Å². The van der Waals surface area contributed by atoms with Gasteiger partial charge in [0, 0.05) is 44.0 Å². The molecule has 7 nitrogen and oxygen atoms in total. The number of piperidine rings is 2. The number of likely N-dealkylation sites (tertiary alicyclic amines) is 1. The standard InChI is InChI=1S/C24H27FN4O3/c1-27-8-2-3-17(27)13-28-9-6-15(7-10-28)18-11-16(25)12-19-20(18)14-29(24(19)32)21-4-5-22(30)26-23(21)31/h2-3,8,11-12,15,21H,4-7,9-10,13-14H2,1H3,(H,26,30,31). The van der Waals surface area contributed by atoms with Crippen molar-refractivity contribution in [1.29, 1.82) is 0 Å². The largest absolute Gasteiger partial charge is 0.353 e. The zero-order chi connectivity index (χ0) is 22.4. The van der Waals surface area contributed by atoms with Gasteiger partial charge in [-0.15, -0.1) is 0 Å². The van der Waals surface area contributed by atoms with E-state index < -0.39 is 17.8 Å². The number of amides is 3. The molecule has 0 bridgehead atoms. The molecule has 2 fully saturated rings. The molecule has 3 aliphatic heterocycles. The highest BCUT2D eigenvalue weighted by atomic mass is 19.1. The van der Waals surface area contributed by atoms with Crippen molar-refractivity contribution in [2.24, 2.45) is 7.05 Å². The molecule has 0 radical (unpaired) electrons. The average molecular weight is 439 g/mol. The highest BCUT2D eigenvalue weighted by Gasteiger charge is 2.41. The Kier molecular flexibility index (Phi) is 5.33. The van der Waals surface area contributed by atoms with Crippen LogP contribution < -0.4 is 5.32 Å². The van der Waals surface area contributed by atoms with Crippen molar-refractivity contribution >= 4 is 17.7 Å². The molecule has 168 valence electrons. The van der Waals surface area contributed by atoms with Gasteiger partial charge in [-0.25, -0.2) is 4.39 Å². The summed E-state index contributed by atoms with van der Waals surface area (Å²) in [4.78, 5) is 40.8. The third kappa shape index (κ3) is 3.72. The number of nitrogens with zero attached hydrogens (tertiary/aromatic N) is 3. The van der Waals surface area contributed by atoms with Gasteiger partial charge in [0.05, 0.1) is 0 Å². The number of fused-ring (bicyclic) bond motifs is 1. The Bertz CT molecular complexity index is 1090. The number of rotatable bonds is 4. The van der Waals surface area contributed by atoms with Crippen LogP contribution >= 0.6 is 0 Å². The van der Waals surface area contributed by atoms with E-state index in [1.54, 1.807) is 6.07 Å². The molecule has 2 saturated heterocycles. The first-order valence-corrected chi connectivity index (χ1v) is 11.2. The number of carbonyl (C=O) groups excluding carboxylic acids is 3. The summed E-state index contributed by atoms with van der Waals surface area (Å²) in [6, 6.07) is 6.34. The monoisotopic (exact) mass is 438 g/mol. The summed E-state index contributed by atoms with van der Waals surface area (Å²) in [6.07, 6.45) is 4.35. The van der Waals surface area contributed by atoms with Gasteiger partial charge in [0.15, 0.2) is 0 Å². The lowest BCUT2D eigenvalue weighted by atomic mass is 9.85. The second kappa shape index (κ2) is 8.16. The van der Waals surface area contributed by atoms with E-state index in [1.165, 1.54) is 16.7 Å². The first kappa shape index (κ1) is 20.9. The van der Waals surface area contributed by atoms with E-state index in [0.717, 1.165) is 43.6 Å². The molecule has 3 aliphatic rings. The molecule has 8 heteroatoms.